The first-order valence-corrected chi connectivity index (χ1v) is 12.1. The minimum Gasteiger partial charge on any atom is -0.427 e. The molecule has 0 aliphatic rings. The first-order valence-electron chi connectivity index (χ1n) is 10.9. The van der Waals surface area contributed by atoms with Crippen LogP contribution in [-0.2, 0) is 19.4 Å². The van der Waals surface area contributed by atoms with E-state index in [1.54, 1.807) is 6.07 Å². The lowest BCUT2D eigenvalue weighted by Gasteiger charge is -2.14. The quantitative estimate of drug-likeness (QED) is 0.324. The van der Waals surface area contributed by atoms with Gasteiger partial charge in [0.25, 0.3) is 0 Å². The second-order valence-electron chi connectivity index (χ2n) is 8.06. The smallest absolute Gasteiger partial charge is 0.391 e. The van der Waals surface area contributed by atoms with Crippen molar-refractivity contribution in [3.63, 3.8) is 0 Å². The Morgan fingerprint density at radius 2 is 1.84 bits per heavy atom. The minimum absolute atomic E-state index is 0.455. The molecule has 0 fully saturated rings. The lowest BCUT2D eigenvalue weighted by atomic mass is 10.1. The van der Waals surface area contributed by atoms with Crippen LogP contribution in [0, 0.1) is 6.92 Å². The van der Waals surface area contributed by atoms with Gasteiger partial charge in [0, 0.05) is 18.4 Å². The van der Waals surface area contributed by atoms with Gasteiger partial charge in [-0.3, -0.25) is 0 Å². The number of benzene rings is 2. The Morgan fingerprint density at radius 3 is 2.53 bits per heavy atom. The van der Waals surface area contributed by atoms with Gasteiger partial charge in [-0.15, -0.1) is 0 Å². The molecular formula is C24H29N4O3P. The molecular weight excluding hydrogens is 423 g/mol. The third-order valence-corrected chi connectivity index (χ3v) is 6.13. The summed E-state index contributed by atoms with van der Waals surface area (Å²) in [5.41, 5.74) is 12.1. The SMILES string of the molecule is CCCCc1nc2c(N)nc3cc(CC)ccc3c2n1Cc1ccc(OP(O)O)c(C)c1. The van der Waals surface area contributed by atoms with Crippen molar-refractivity contribution in [3.05, 3.63) is 58.9 Å². The van der Waals surface area contributed by atoms with E-state index >= 15 is 0 Å². The van der Waals surface area contributed by atoms with E-state index in [-0.39, 0.29) is 0 Å². The van der Waals surface area contributed by atoms with Crippen molar-refractivity contribution in [1.29, 1.82) is 0 Å². The lowest BCUT2D eigenvalue weighted by molar-refractivity contribution is 0.374. The average Bonchev–Trinajstić information content (AvgIpc) is 3.12. The van der Waals surface area contributed by atoms with Gasteiger partial charge in [0.05, 0.1) is 11.0 Å². The van der Waals surface area contributed by atoms with Crippen molar-refractivity contribution in [2.24, 2.45) is 0 Å². The number of hydrogen-bond donors (Lipinski definition) is 3. The molecule has 32 heavy (non-hydrogen) atoms. The number of nitrogens with two attached hydrogens (primary N) is 1. The Labute approximate surface area is 188 Å². The molecule has 0 amide bonds. The highest BCUT2D eigenvalue weighted by molar-refractivity contribution is 7.39. The van der Waals surface area contributed by atoms with Gasteiger partial charge < -0.3 is 24.6 Å². The fourth-order valence-corrected chi connectivity index (χ4v) is 4.48. The van der Waals surface area contributed by atoms with Crippen LogP contribution in [0.25, 0.3) is 21.9 Å². The molecule has 0 spiro atoms. The van der Waals surface area contributed by atoms with E-state index in [2.05, 4.69) is 41.6 Å². The van der Waals surface area contributed by atoms with Crippen LogP contribution in [0.1, 0.15) is 49.2 Å². The molecule has 0 radical (unpaired) electrons. The molecule has 4 aromatic rings. The van der Waals surface area contributed by atoms with Gasteiger partial charge in [-0.1, -0.05) is 44.5 Å². The summed E-state index contributed by atoms with van der Waals surface area (Å²) in [5, 5.41) is 1.05. The van der Waals surface area contributed by atoms with E-state index in [1.807, 2.05) is 19.1 Å². The highest BCUT2D eigenvalue weighted by Crippen LogP contribution is 2.33. The topological polar surface area (TPSA) is 106 Å². The molecule has 0 atom stereocenters. The Balaban J connectivity index is 1.87. The minimum atomic E-state index is -2.44. The molecule has 0 aliphatic carbocycles. The number of rotatable bonds is 8. The summed E-state index contributed by atoms with van der Waals surface area (Å²) in [4.78, 5) is 27.9. The molecule has 2 aromatic carbocycles. The van der Waals surface area contributed by atoms with Crippen LogP contribution in [-0.4, -0.2) is 24.3 Å². The van der Waals surface area contributed by atoms with Crippen molar-refractivity contribution >= 4 is 36.4 Å². The predicted octanol–water partition coefficient (Wildman–Crippen LogP) is 5.02. The third-order valence-electron chi connectivity index (χ3n) is 5.77. The van der Waals surface area contributed by atoms with E-state index in [1.165, 1.54) is 5.56 Å². The summed E-state index contributed by atoms with van der Waals surface area (Å²) >= 11 is 0. The van der Waals surface area contributed by atoms with Crippen LogP contribution < -0.4 is 10.3 Å². The van der Waals surface area contributed by atoms with Crippen LogP contribution in [0.5, 0.6) is 5.75 Å². The molecule has 2 heterocycles. The Morgan fingerprint density at radius 1 is 1.06 bits per heavy atom. The number of fused-ring (bicyclic) bond motifs is 3. The third kappa shape index (κ3) is 4.42. The predicted molar refractivity (Wildman–Crippen MR) is 130 cm³/mol. The van der Waals surface area contributed by atoms with Gasteiger partial charge in [0.15, 0.2) is 5.82 Å². The monoisotopic (exact) mass is 452 g/mol. The zero-order chi connectivity index (χ0) is 22.8. The summed E-state index contributed by atoms with van der Waals surface area (Å²) in [7, 11) is -2.44. The molecule has 4 rings (SSSR count). The van der Waals surface area contributed by atoms with Crippen molar-refractivity contribution in [2.45, 2.75) is 53.0 Å². The number of aromatic nitrogens is 3. The van der Waals surface area contributed by atoms with Gasteiger partial charge in [0.1, 0.15) is 17.1 Å². The molecule has 0 unspecified atom stereocenters. The number of imidazole rings is 1. The number of anilines is 1. The van der Waals surface area contributed by atoms with E-state index in [4.69, 9.17) is 15.2 Å². The second-order valence-corrected chi connectivity index (χ2v) is 8.75. The fraction of sp³-hybridized carbons (Fsp3) is 0.333. The molecule has 0 bridgehead atoms. The summed E-state index contributed by atoms with van der Waals surface area (Å²) in [6.07, 6.45) is 3.91. The maximum absolute atomic E-state index is 9.18. The number of aryl methyl sites for hydroxylation is 3. The fourth-order valence-electron chi connectivity index (χ4n) is 4.10. The van der Waals surface area contributed by atoms with Crippen LogP contribution in [0.2, 0.25) is 0 Å². The van der Waals surface area contributed by atoms with Gasteiger partial charge in [-0.2, -0.15) is 0 Å². The molecule has 168 valence electrons. The van der Waals surface area contributed by atoms with Gasteiger partial charge in [0.2, 0.25) is 0 Å². The van der Waals surface area contributed by atoms with Crippen molar-refractivity contribution in [2.75, 3.05) is 5.73 Å². The molecule has 7 nitrogen and oxygen atoms in total. The van der Waals surface area contributed by atoms with Gasteiger partial charge in [-0.25, -0.2) is 9.97 Å². The maximum Gasteiger partial charge on any atom is 0.391 e. The number of nitrogens with zero attached hydrogens (tertiary/aromatic N) is 3. The van der Waals surface area contributed by atoms with Crippen molar-refractivity contribution in [1.82, 2.24) is 14.5 Å². The van der Waals surface area contributed by atoms with E-state index in [0.717, 1.165) is 64.6 Å². The number of pyridine rings is 1. The lowest BCUT2D eigenvalue weighted by Crippen LogP contribution is -2.06. The Hall–Kier alpha value is -2.73. The Kier molecular flexibility index (Phi) is 6.60. The molecule has 4 N–H and O–H groups in total. The molecule has 0 saturated carbocycles. The first kappa shape index (κ1) is 22.5. The summed E-state index contributed by atoms with van der Waals surface area (Å²) in [5.74, 6) is 1.92. The normalized spacial score (nSPS) is 11.7. The zero-order valence-electron chi connectivity index (χ0n) is 18.7. The largest absolute Gasteiger partial charge is 0.427 e. The summed E-state index contributed by atoms with van der Waals surface area (Å²) < 4.78 is 7.36. The van der Waals surface area contributed by atoms with Crippen LogP contribution in [0.15, 0.2) is 36.4 Å². The van der Waals surface area contributed by atoms with Crippen LogP contribution in [0.4, 0.5) is 5.82 Å². The molecule has 0 saturated heterocycles. The van der Waals surface area contributed by atoms with Gasteiger partial charge >= 0.3 is 8.60 Å². The van der Waals surface area contributed by atoms with Crippen molar-refractivity contribution < 1.29 is 14.3 Å². The number of nitrogen functional groups attached to an aromatic ring is 1. The van der Waals surface area contributed by atoms with Gasteiger partial charge in [-0.05, 0) is 48.6 Å². The van der Waals surface area contributed by atoms with Crippen LogP contribution in [0.3, 0.4) is 0 Å². The van der Waals surface area contributed by atoms with E-state index < -0.39 is 8.60 Å². The summed E-state index contributed by atoms with van der Waals surface area (Å²) in [6, 6.07) is 12.1. The molecule has 2 aromatic heterocycles. The molecule has 0 aliphatic heterocycles. The van der Waals surface area contributed by atoms with E-state index in [0.29, 0.717) is 18.1 Å². The number of unbranched alkanes of at least 4 members (excludes halogenated alkanes) is 1. The first-order chi connectivity index (χ1) is 15.4. The van der Waals surface area contributed by atoms with Crippen LogP contribution >= 0.6 is 8.60 Å². The molecule has 8 heteroatoms. The summed E-state index contributed by atoms with van der Waals surface area (Å²) in [6.45, 7) is 6.82. The highest BCUT2D eigenvalue weighted by atomic mass is 31.2. The maximum atomic E-state index is 9.18. The van der Waals surface area contributed by atoms with Crippen molar-refractivity contribution in [3.8, 4) is 5.75 Å². The second kappa shape index (κ2) is 9.41. The average molecular weight is 452 g/mol. The number of hydrogen-bond acceptors (Lipinski definition) is 6. The van der Waals surface area contributed by atoms with E-state index in [9.17, 15) is 9.79 Å². The Bertz CT molecular complexity index is 1270. The zero-order valence-corrected chi connectivity index (χ0v) is 19.6. The standard InChI is InChI=1S/C24H29N4O3P/c1-4-6-7-21-27-22-23(18-10-8-16(5-2)13-19(18)26-24(22)25)28(21)14-17-9-11-20(15(3)12-17)31-32(29)30/h8-13,29-30H,4-7,14H2,1-3H3,(H2,25,26). The highest BCUT2D eigenvalue weighted by Gasteiger charge is 2.18.